The molecule has 0 N–H and O–H groups in total. The number of rotatable bonds is 0. The van der Waals surface area contributed by atoms with Crippen LogP contribution in [-0.2, 0) is 0 Å². The second-order valence-electron chi connectivity index (χ2n) is 4.14. The van der Waals surface area contributed by atoms with Crippen LogP contribution < -0.4 is 0 Å². The molecule has 0 unspecified atom stereocenters. The lowest BCUT2D eigenvalue weighted by molar-refractivity contribution is 0.104. The molecule has 0 aromatic heterocycles. The number of hydrogen-bond acceptors (Lipinski definition) is 1. The molecule has 2 aromatic rings. The first-order chi connectivity index (χ1) is 8.74. The summed E-state index contributed by atoms with van der Waals surface area (Å²) in [5.41, 5.74) is 4.61. The maximum absolute atomic E-state index is 12.3. The van der Waals surface area contributed by atoms with E-state index < -0.39 is 0 Å². The van der Waals surface area contributed by atoms with Gasteiger partial charge in [-0.05, 0) is 35.4 Å². The Morgan fingerprint density at radius 2 is 1.17 bits per heavy atom. The standard InChI is InChI=1S/C17H8O/c1-3-11-5-7-13-14-8-6-12(4-2)10-16(14)17(18)15(13)9-11/h1-2,5-10H. The van der Waals surface area contributed by atoms with E-state index >= 15 is 0 Å². The molecule has 0 heterocycles. The molecule has 0 radical (unpaired) electrons. The zero-order chi connectivity index (χ0) is 12.7. The van der Waals surface area contributed by atoms with Crippen LogP contribution in [0.25, 0.3) is 11.1 Å². The van der Waals surface area contributed by atoms with Crippen LogP contribution >= 0.6 is 0 Å². The normalized spacial score (nSPS) is 11.3. The molecule has 18 heavy (non-hydrogen) atoms. The second kappa shape index (κ2) is 3.62. The SMILES string of the molecule is C#Cc1ccc2c(c1)C(=O)c1cc(C#C)ccc1-2. The number of hydrogen-bond donors (Lipinski definition) is 0. The fourth-order valence-corrected chi connectivity index (χ4v) is 2.26. The minimum absolute atomic E-state index is 0.00537. The number of benzene rings is 2. The van der Waals surface area contributed by atoms with E-state index in [0.29, 0.717) is 22.3 Å². The van der Waals surface area contributed by atoms with Crippen molar-refractivity contribution in [2.45, 2.75) is 0 Å². The van der Waals surface area contributed by atoms with Crippen molar-refractivity contribution in [3.63, 3.8) is 0 Å². The minimum atomic E-state index is -0.00537. The third kappa shape index (κ3) is 1.29. The van der Waals surface area contributed by atoms with Crippen molar-refractivity contribution in [3.05, 3.63) is 58.7 Å². The van der Waals surface area contributed by atoms with E-state index in [2.05, 4.69) is 11.8 Å². The molecule has 0 bridgehead atoms. The van der Waals surface area contributed by atoms with Crippen LogP contribution in [0.5, 0.6) is 0 Å². The predicted molar refractivity (Wildman–Crippen MR) is 71.2 cm³/mol. The number of terminal acetylenes is 2. The average molecular weight is 228 g/mol. The van der Waals surface area contributed by atoms with Crippen LogP contribution in [0, 0.1) is 24.7 Å². The van der Waals surface area contributed by atoms with E-state index in [1.165, 1.54) is 0 Å². The molecule has 2 aromatic carbocycles. The Hall–Kier alpha value is -2.77. The van der Waals surface area contributed by atoms with Crippen molar-refractivity contribution in [2.24, 2.45) is 0 Å². The predicted octanol–water partition coefficient (Wildman–Crippen LogP) is 2.86. The van der Waals surface area contributed by atoms with Gasteiger partial charge in [0.15, 0.2) is 5.78 Å². The number of carbonyl (C=O) groups is 1. The van der Waals surface area contributed by atoms with E-state index in [1.807, 2.05) is 24.3 Å². The molecule has 0 saturated carbocycles. The van der Waals surface area contributed by atoms with Crippen LogP contribution in [-0.4, -0.2) is 5.78 Å². The molecule has 0 saturated heterocycles. The summed E-state index contributed by atoms with van der Waals surface area (Å²) in [7, 11) is 0. The van der Waals surface area contributed by atoms with Gasteiger partial charge in [0.25, 0.3) is 0 Å². The number of carbonyl (C=O) groups excluding carboxylic acids is 1. The molecular weight excluding hydrogens is 220 g/mol. The van der Waals surface area contributed by atoms with Gasteiger partial charge in [-0.2, -0.15) is 0 Å². The summed E-state index contributed by atoms with van der Waals surface area (Å²) in [4.78, 5) is 12.3. The van der Waals surface area contributed by atoms with E-state index in [9.17, 15) is 4.79 Å². The summed E-state index contributed by atoms with van der Waals surface area (Å²) in [6.45, 7) is 0. The molecule has 1 heteroatoms. The Bertz CT molecular complexity index is 702. The molecule has 0 fully saturated rings. The van der Waals surface area contributed by atoms with Crippen molar-refractivity contribution in [1.82, 2.24) is 0 Å². The molecule has 0 aliphatic heterocycles. The lowest BCUT2D eigenvalue weighted by Crippen LogP contribution is -1.96. The highest BCUT2D eigenvalue weighted by molar-refractivity contribution is 6.22. The van der Waals surface area contributed by atoms with Crippen LogP contribution in [0.2, 0.25) is 0 Å². The van der Waals surface area contributed by atoms with Gasteiger partial charge in [0.2, 0.25) is 0 Å². The lowest BCUT2D eigenvalue weighted by atomic mass is 10.0. The highest BCUT2D eigenvalue weighted by Gasteiger charge is 2.26. The van der Waals surface area contributed by atoms with Crippen molar-refractivity contribution < 1.29 is 4.79 Å². The van der Waals surface area contributed by atoms with Gasteiger partial charge in [-0.1, -0.05) is 24.0 Å². The van der Waals surface area contributed by atoms with Gasteiger partial charge in [-0.25, -0.2) is 0 Å². The lowest BCUT2D eigenvalue weighted by Gasteiger charge is -2.00. The smallest absolute Gasteiger partial charge is 0.194 e. The van der Waals surface area contributed by atoms with Crippen LogP contribution in [0.15, 0.2) is 36.4 Å². The highest BCUT2D eigenvalue weighted by Crippen LogP contribution is 2.37. The van der Waals surface area contributed by atoms with Crippen molar-refractivity contribution >= 4 is 5.78 Å². The summed E-state index contributed by atoms with van der Waals surface area (Å²) in [5, 5.41) is 0. The molecular formula is C17H8O. The van der Waals surface area contributed by atoms with E-state index in [0.717, 1.165) is 11.1 Å². The third-order valence-electron chi connectivity index (χ3n) is 3.15. The maximum atomic E-state index is 12.3. The quantitative estimate of drug-likeness (QED) is 0.541. The van der Waals surface area contributed by atoms with E-state index in [-0.39, 0.29) is 5.78 Å². The first-order valence-corrected chi connectivity index (χ1v) is 5.51. The molecule has 1 nitrogen and oxygen atoms in total. The van der Waals surface area contributed by atoms with Gasteiger partial charge in [-0.15, -0.1) is 12.8 Å². The number of fused-ring (bicyclic) bond motifs is 3. The highest BCUT2D eigenvalue weighted by atomic mass is 16.1. The fourth-order valence-electron chi connectivity index (χ4n) is 2.26. The van der Waals surface area contributed by atoms with Gasteiger partial charge < -0.3 is 0 Å². The summed E-state index contributed by atoms with van der Waals surface area (Å²) >= 11 is 0. The number of ketones is 1. The summed E-state index contributed by atoms with van der Waals surface area (Å²) in [6, 6.07) is 11.0. The second-order valence-corrected chi connectivity index (χ2v) is 4.14. The Labute approximate surface area is 105 Å². The van der Waals surface area contributed by atoms with Gasteiger partial charge in [-0.3, -0.25) is 4.79 Å². The molecule has 0 amide bonds. The van der Waals surface area contributed by atoms with E-state index in [4.69, 9.17) is 12.8 Å². The molecule has 1 aliphatic carbocycles. The van der Waals surface area contributed by atoms with Crippen LogP contribution in [0.4, 0.5) is 0 Å². The van der Waals surface area contributed by atoms with Gasteiger partial charge in [0.1, 0.15) is 0 Å². The summed E-state index contributed by atoms with van der Waals surface area (Å²) in [6.07, 6.45) is 10.7. The first-order valence-electron chi connectivity index (χ1n) is 5.51. The zero-order valence-corrected chi connectivity index (χ0v) is 9.53. The van der Waals surface area contributed by atoms with Crippen LogP contribution in [0.1, 0.15) is 27.0 Å². The molecule has 0 atom stereocenters. The fraction of sp³-hybridized carbons (Fsp3) is 0. The average Bonchev–Trinajstić information content (AvgIpc) is 2.71. The van der Waals surface area contributed by atoms with E-state index in [1.54, 1.807) is 12.1 Å². The van der Waals surface area contributed by atoms with Crippen LogP contribution in [0.3, 0.4) is 0 Å². The molecule has 1 aliphatic rings. The summed E-state index contributed by atoms with van der Waals surface area (Å²) in [5.74, 6) is 5.08. The van der Waals surface area contributed by atoms with Gasteiger partial charge in [0.05, 0.1) is 0 Å². The Morgan fingerprint density at radius 3 is 1.56 bits per heavy atom. The Kier molecular flexibility index (Phi) is 2.09. The van der Waals surface area contributed by atoms with Gasteiger partial charge >= 0.3 is 0 Å². The molecule has 0 spiro atoms. The monoisotopic (exact) mass is 228 g/mol. The largest absolute Gasteiger partial charge is 0.289 e. The minimum Gasteiger partial charge on any atom is -0.289 e. The van der Waals surface area contributed by atoms with Crippen molar-refractivity contribution in [3.8, 4) is 35.8 Å². The maximum Gasteiger partial charge on any atom is 0.194 e. The molecule has 3 rings (SSSR count). The first kappa shape index (κ1) is 10.4. The zero-order valence-electron chi connectivity index (χ0n) is 9.53. The third-order valence-corrected chi connectivity index (χ3v) is 3.15. The molecule has 82 valence electrons. The Balaban J connectivity index is 2.29. The van der Waals surface area contributed by atoms with Gasteiger partial charge in [0, 0.05) is 22.3 Å². The topological polar surface area (TPSA) is 17.1 Å². The summed E-state index contributed by atoms with van der Waals surface area (Å²) < 4.78 is 0. The van der Waals surface area contributed by atoms with Crippen molar-refractivity contribution in [2.75, 3.05) is 0 Å². The Morgan fingerprint density at radius 1 is 0.722 bits per heavy atom. The van der Waals surface area contributed by atoms with Crippen molar-refractivity contribution in [1.29, 1.82) is 0 Å².